The van der Waals surface area contributed by atoms with Gasteiger partial charge in [0.1, 0.15) is 28.0 Å². The van der Waals surface area contributed by atoms with Gasteiger partial charge < -0.3 is 13.4 Å². The second kappa shape index (κ2) is 9.15. The summed E-state index contributed by atoms with van der Waals surface area (Å²) in [6.45, 7) is 0. The molecule has 0 aliphatic rings. The molecule has 0 amide bonds. The van der Waals surface area contributed by atoms with Gasteiger partial charge in [-0.05, 0) is 36.4 Å². The van der Waals surface area contributed by atoms with Crippen molar-refractivity contribution in [2.24, 2.45) is 0 Å². The predicted molar refractivity (Wildman–Crippen MR) is 182 cm³/mol. The van der Waals surface area contributed by atoms with Gasteiger partial charge in [0.15, 0.2) is 11.4 Å². The molecule has 0 N–H and O–H groups in total. The smallest absolute Gasteiger partial charge is 0.180 e. The lowest BCUT2D eigenvalue weighted by molar-refractivity contribution is 0.667. The van der Waals surface area contributed by atoms with Gasteiger partial charge in [-0.1, -0.05) is 97.1 Å². The maximum Gasteiger partial charge on any atom is 0.180 e. The number of fused-ring (bicyclic) bond motifs is 9. The fraction of sp³-hybridized carbons (Fsp3) is 0. The molecule has 0 spiro atoms. The van der Waals surface area contributed by atoms with E-state index < -0.39 is 0 Å². The molecule has 0 saturated heterocycles. The van der Waals surface area contributed by atoms with Gasteiger partial charge in [0.2, 0.25) is 0 Å². The SMILES string of the molecule is c1ccc(-c2nc(-c3ccccc3)c3oc4ccc(-n5c6ccccc6c6cc7c(cc65)oc5ccccc57)cc4c3n2)cc1. The van der Waals surface area contributed by atoms with Crippen LogP contribution in [0.4, 0.5) is 0 Å². The molecule has 0 unspecified atom stereocenters. The van der Waals surface area contributed by atoms with E-state index in [9.17, 15) is 0 Å². The Balaban J connectivity index is 1.27. The van der Waals surface area contributed by atoms with Crippen molar-refractivity contribution in [2.75, 3.05) is 0 Å². The Labute approximate surface area is 256 Å². The largest absolute Gasteiger partial charge is 0.456 e. The van der Waals surface area contributed by atoms with Gasteiger partial charge in [-0.2, -0.15) is 0 Å². The highest BCUT2D eigenvalue weighted by Crippen LogP contribution is 2.40. The summed E-state index contributed by atoms with van der Waals surface area (Å²) in [7, 11) is 0. The average Bonchev–Trinajstić information content (AvgIpc) is 3.76. The van der Waals surface area contributed by atoms with E-state index in [-0.39, 0.29) is 0 Å². The first-order valence-electron chi connectivity index (χ1n) is 15.0. The number of nitrogens with zero attached hydrogens (tertiary/aromatic N) is 3. The Kier molecular flexibility index (Phi) is 4.93. The molecule has 0 saturated carbocycles. The molecule has 5 heteroatoms. The normalized spacial score (nSPS) is 12.0. The lowest BCUT2D eigenvalue weighted by Crippen LogP contribution is -1.94. The Morgan fingerprint density at radius 2 is 1.16 bits per heavy atom. The number of para-hydroxylation sites is 2. The molecular formula is C40H23N3O2. The van der Waals surface area contributed by atoms with Crippen LogP contribution in [0.3, 0.4) is 0 Å². The first kappa shape index (κ1) is 24.3. The van der Waals surface area contributed by atoms with E-state index >= 15 is 0 Å². The molecule has 0 aliphatic heterocycles. The van der Waals surface area contributed by atoms with E-state index in [1.807, 2.05) is 66.7 Å². The minimum absolute atomic E-state index is 0.666. The quantitative estimate of drug-likeness (QED) is 0.210. The van der Waals surface area contributed by atoms with Crippen LogP contribution < -0.4 is 0 Å². The van der Waals surface area contributed by atoms with Crippen molar-refractivity contribution in [2.45, 2.75) is 0 Å². The minimum Gasteiger partial charge on any atom is -0.456 e. The predicted octanol–water partition coefficient (Wildman–Crippen LogP) is 10.7. The van der Waals surface area contributed by atoms with Crippen molar-refractivity contribution >= 4 is 65.8 Å². The zero-order chi connectivity index (χ0) is 29.5. The molecule has 5 nitrogen and oxygen atoms in total. The monoisotopic (exact) mass is 577 g/mol. The molecule has 0 fully saturated rings. The standard InChI is InChI=1S/C40H23N3O2/c1-3-11-24(12-4-1)37-39-38(42-40(41-37)25-13-5-2-6-14-25)31-21-26(19-20-35(31)45-39)43-32-17-9-7-15-27(32)29-22-30-28-16-8-10-18-34(28)44-36(30)23-33(29)43/h1-23H. The van der Waals surface area contributed by atoms with Crippen LogP contribution in [0, 0.1) is 0 Å². The maximum atomic E-state index is 6.52. The summed E-state index contributed by atoms with van der Waals surface area (Å²) in [6, 6.07) is 47.9. The Hall–Kier alpha value is -6.20. The van der Waals surface area contributed by atoms with Crippen LogP contribution in [0.15, 0.2) is 148 Å². The maximum absolute atomic E-state index is 6.52. The van der Waals surface area contributed by atoms with Gasteiger partial charge >= 0.3 is 0 Å². The average molecular weight is 578 g/mol. The summed E-state index contributed by atoms with van der Waals surface area (Å²) < 4.78 is 15.2. The van der Waals surface area contributed by atoms with E-state index in [0.717, 1.165) is 72.0 Å². The summed E-state index contributed by atoms with van der Waals surface area (Å²) >= 11 is 0. The highest BCUT2D eigenvalue weighted by molar-refractivity contribution is 6.17. The van der Waals surface area contributed by atoms with Crippen LogP contribution >= 0.6 is 0 Å². The molecule has 4 heterocycles. The van der Waals surface area contributed by atoms with Crippen molar-refractivity contribution in [3.63, 3.8) is 0 Å². The van der Waals surface area contributed by atoms with Gasteiger partial charge in [0.25, 0.3) is 0 Å². The van der Waals surface area contributed by atoms with Crippen molar-refractivity contribution in [3.8, 4) is 28.3 Å². The molecule has 4 aromatic heterocycles. The molecule has 45 heavy (non-hydrogen) atoms. The molecular weight excluding hydrogens is 554 g/mol. The molecule has 0 atom stereocenters. The number of hydrogen-bond donors (Lipinski definition) is 0. The highest BCUT2D eigenvalue weighted by atomic mass is 16.3. The summed E-state index contributed by atoms with van der Waals surface area (Å²) in [5.41, 5.74) is 9.96. The van der Waals surface area contributed by atoms with Gasteiger partial charge in [-0.15, -0.1) is 0 Å². The van der Waals surface area contributed by atoms with Crippen LogP contribution in [-0.4, -0.2) is 14.5 Å². The van der Waals surface area contributed by atoms with E-state index in [2.05, 4.69) is 77.4 Å². The second-order valence-corrected chi connectivity index (χ2v) is 11.4. The van der Waals surface area contributed by atoms with Gasteiger partial charge in [0.05, 0.1) is 11.0 Å². The highest BCUT2D eigenvalue weighted by Gasteiger charge is 2.20. The van der Waals surface area contributed by atoms with Crippen LogP contribution in [0.1, 0.15) is 0 Å². The number of hydrogen-bond acceptors (Lipinski definition) is 4. The zero-order valence-corrected chi connectivity index (χ0v) is 23.9. The summed E-state index contributed by atoms with van der Waals surface area (Å²) in [5.74, 6) is 0.666. The topological polar surface area (TPSA) is 57.0 Å². The van der Waals surface area contributed by atoms with Crippen molar-refractivity contribution in [3.05, 3.63) is 140 Å². The molecule has 0 bridgehead atoms. The molecule has 10 rings (SSSR count). The van der Waals surface area contributed by atoms with Crippen molar-refractivity contribution in [1.29, 1.82) is 0 Å². The summed E-state index contributed by atoms with van der Waals surface area (Å²) in [6.07, 6.45) is 0. The molecule has 0 radical (unpaired) electrons. The molecule has 6 aromatic carbocycles. The van der Waals surface area contributed by atoms with Gasteiger partial charge in [-0.3, -0.25) is 0 Å². The number of benzene rings is 6. The zero-order valence-electron chi connectivity index (χ0n) is 23.9. The fourth-order valence-corrected chi connectivity index (χ4v) is 6.74. The van der Waals surface area contributed by atoms with E-state index in [4.69, 9.17) is 18.8 Å². The van der Waals surface area contributed by atoms with E-state index in [1.54, 1.807) is 0 Å². The lowest BCUT2D eigenvalue weighted by atomic mass is 10.1. The minimum atomic E-state index is 0.666. The van der Waals surface area contributed by atoms with Crippen LogP contribution in [-0.2, 0) is 0 Å². The third kappa shape index (κ3) is 3.55. The van der Waals surface area contributed by atoms with E-state index in [1.165, 1.54) is 10.8 Å². The number of rotatable bonds is 3. The Morgan fingerprint density at radius 1 is 0.444 bits per heavy atom. The van der Waals surface area contributed by atoms with Crippen molar-refractivity contribution < 1.29 is 8.83 Å². The molecule has 210 valence electrons. The number of aromatic nitrogens is 3. The summed E-state index contributed by atoms with van der Waals surface area (Å²) in [5, 5.41) is 5.56. The number of furan rings is 2. The first-order valence-corrected chi connectivity index (χ1v) is 15.0. The second-order valence-electron chi connectivity index (χ2n) is 11.4. The Bertz CT molecular complexity index is 2750. The third-order valence-electron chi connectivity index (χ3n) is 8.80. The first-order chi connectivity index (χ1) is 22.3. The van der Waals surface area contributed by atoms with Crippen LogP contribution in [0.5, 0.6) is 0 Å². The van der Waals surface area contributed by atoms with Gasteiger partial charge in [-0.25, -0.2) is 9.97 Å². The van der Waals surface area contributed by atoms with Gasteiger partial charge in [0, 0.05) is 49.8 Å². The van der Waals surface area contributed by atoms with Crippen LogP contribution in [0.25, 0.3) is 94.1 Å². The van der Waals surface area contributed by atoms with E-state index in [0.29, 0.717) is 11.4 Å². The van der Waals surface area contributed by atoms with Crippen molar-refractivity contribution in [1.82, 2.24) is 14.5 Å². The third-order valence-corrected chi connectivity index (χ3v) is 8.80. The lowest BCUT2D eigenvalue weighted by Gasteiger charge is -2.08. The summed E-state index contributed by atoms with van der Waals surface area (Å²) in [4.78, 5) is 10.1. The molecule has 0 aliphatic carbocycles. The fourth-order valence-electron chi connectivity index (χ4n) is 6.74. The molecule has 10 aromatic rings. The Morgan fingerprint density at radius 3 is 2.00 bits per heavy atom. The van der Waals surface area contributed by atoms with Crippen LogP contribution in [0.2, 0.25) is 0 Å².